The fourth-order valence-corrected chi connectivity index (χ4v) is 3.49. The Bertz CT molecular complexity index is 1180. The highest BCUT2D eigenvalue weighted by molar-refractivity contribution is 7.14. The van der Waals surface area contributed by atoms with Gasteiger partial charge in [-0.3, -0.25) is 24.7 Å². The van der Waals surface area contributed by atoms with Crippen molar-refractivity contribution in [3.8, 4) is 22.8 Å². The molecule has 0 radical (unpaired) electrons. The number of pyridine rings is 1. The Balaban J connectivity index is 0.000000458. The number of nitrogens with one attached hydrogen (secondary N) is 2. The summed E-state index contributed by atoms with van der Waals surface area (Å²) in [5.74, 6) is 0.0438. The summed E-state index contributed by atoms with van der Waals surface area (Å²) >= 11 is 1.27. The highest BCUT2D eigenvalue weighted by atomic mass is 32.1. The zero-order chi connectivity index (χ0) is 27.2. The van der Waals surface area contributed by atoms with Crippen LogP contribution in [0.3, 0.4) is 0 Å². The Labute approximate surface area is 219 Å². The molecule has 0 aliphatic heterocycles. The van der Waals surface area contributed by atoms with Crippen LogP contribution in [-0.2, 0) is 14.3 Å². The normalized spacial score (nSPS) is 10.1. The third kappa shape index (κ3) is 9.86. The van der Waals surface area contributed by atoms with Crippen molar-refractivity contribution >= 4 is 34.2 Å². The SMILES string of the molecule is CCCNC(=O)COC.COc1ccc(-c2csc(NC(=O)c3ccc(C)nc3)n2)c(OCC(N)=O)c1. The van der Waals surface area contributed by atoms with Gasteiger partial charge in [-0.1, -0.05) is 6.92 Å². The molecule has 37 heavy (non-hydrogen) atoms. The van der Waals surface area contributed by atoms with Gasteiger partial charge in [0.2, 0.25) is 5.91 Å². The van der Waals surface area contributed by atoms with E-state index in [9.17, 15) is 14.4 Å². The molecule has 12 heteroatoms. The molecule has 0 aliphatic carbocycles. The van der Waals surface area contributed by atoms with Crippen molar-refractivity contribution in [3.05, 3.63) is 53.2 Å². The van der Waals surface area contributed by atoms with Crippen LogP contribution in [-0.4, -0.2) is 61.7 Å². The average molecular weight is 530 g/mol. The van der Waals surface area contributed by atoms with E-state index in [-0.39, 0.29) is 25.0 Å². The lowest BCUT2D eigenvalue weighted by Gasteiger charge is -2.10. The first-order chi connectivity index (χ1) is 17.8. The van der Waals surface area contributed by atoms with Crippen LogP contribution in [0.5, 0.6) is 11.5 Å². The van der Waals surface area contributed by atoms with Crippen molar-refractivity contribution in [1.82, 2.24) is 15.3 Å². The second kappa shape index (κ2) is 15.2. The zero-order valence-electron chi connectivity index (χ0n) is 21.2. The van der Waals surface area contributed by atoms with Crippen molar-refractivity contribution < 1.29 is 28.6 Å². The molecule has 0 bridgehead atoms. The Hall–Kier alpha value is -4.03. The fourth-order valence-electron chi connectivity index (χ4n) is 2.78. The summed E-state index contributed by atoms with van der Waals surface area (Å²) in [5.41, 5.74) is 7.67. The maximum absolute atomic E-state index is 12.3. The Morgan fingerprint density at radius 2 is 1.89 bits per heavy atom. The second-order valence-electron chi connectivity index (χ2n) is 7.58. The van der Waals surface area contributed by atoms with E-state index in [1.54, 1.807) is 35.7 Å². The number of anilines is 1. The molecular weight excluding hydrogens is 498 g/mol. The Kier molecular flexibility index (Phi) is 12.0. The van der Waals surface area contributed by atoms with E-state index in [1.165, 1.54) is 31.8 Å². The number of aryl methyl sites for hydroxylation is 1. The number of benzene rings is 1. The molecule has 0 unspecified atom stereocenters. The van der Waals surface area contributed by atoms with Crippen LogP contribution >= 0.6 is 11.3 Å². The number of rotatable bonds is 11. The predicted octanol–water partition coefficient (Wildman–Crippen LogP) is 2.80. The van der Waals surface area contributed by atoms with Gasteiger partial charge in [0, 0.05) is 42.6 Å². The van der Waals surface area contributed by atoms with Gasteiger partial charge in [-0.25, -0.2) is 4.98 Å². The lowest BCUT2D eigenvalue weighted by molar-refractivity contribution is -0.124. The molecule has 2 heterocycles. The van der Waals surface area contributed by atoms with Crippen LogP contribution in [0, 0.1) is 6.92 Å². The summed E-state index contributed by atoms with van der Waals surface area (Å²) in [6.07, 6.45) is 2.48. The maximum Gasteiger partial charge on any atom is 0.259 e. The minimum Gasteiger partial charge on any atom is -0.497 e. The zero-order valence-corrected chi connectivity index (χ0v) is 22.0. The van der Waals surface area contributed by atoms with E-state index >= 15 is 0 Å². The van der Waals surface area contributed by atoms with Crippen LogP contribution < -0.4 is 25.8 Å². The van der Waals surface area contributed by atoms with E-state index in [1.807, 2.05) is 13.8 Å². The predicted molar refractivity (Wildman–Crippen MR) is 141 cm³/mol. The monoisotopic (exact) mass is 529 g/mol. The molecule has 11 nitrogen and oxygen atoms in total. The first kappa shape index (κ1) is 29.2. The number of hydrogen-bond donors (Lipinski definition) is 3. The molecule has 0 saturated carbocycles. The molecule has 198 valence electrons. The third-order valence-electron chi connectivity index (χ3n) is 4.58. The van der Waals surface area contributed by atoms with Gasteiger partial charge in [-0.05, 0) is 37.6 Å². The highest BCUT2D eigenvalue weighted by Crippen LogP contribution is 2.35. The topological polar surface area (TPSA) is 155 Å². The number of hydrogen-bond acceptors (Lipinski definition) is 9. The number of amides is 3. The van der Waals surface area contributed by atoms with Gasteiger partial charge in [-0.2, -0.15) is 0 Å². The van der Waals surface area contributed by atoms with Gasteiger partial charge in [0.1, 0.15) is 18.1 Å². The number of carbonyl (C=O) groups is 3. The first-order valence-corrected chi connectivity index (χ1v) is 12.2. The van der Waals surface area contributed by atoms with Crippen molar-refractivity contribution in [2.24, 2.45) is 5.73 Å². The minimum absolute atomic E-state index is 0.0423. The summed E-state index contributed by atoms with van der Waals surface area (Å²) in [4.78, 5) is 42.5. The van der Waals surface area contributed by atoms with Gasteiger partial charge in [0.05, 0.1) is 18.4 Å². The summed E-state index contributed by atoms with van der Waals surface area (Å²) in [6.45, 7) is 4.49. The molecule has 2 aromatic heterocycles. The molecule has 0 fully saturated rings. The third-order valence-corrected chi connectivity index (χ3v) is 5.34. The summed E-state index contributed by atoms with van der Waals surface area (Å²) in [5, 5.41) is 7.63. The molecular formula is C25H31N5O6S. The van der Waals surface area contributed by atoms with Gasteiger partial charge < -0.3 is 25.3 Å². The van der Waals surface area contributed by atoms with E-state index in [0.29, 0.717) is 33.5 Å². The minimum atomic E-state index is -0.591. The number of primary amides is 1. The number of thiazole rings is 1. The van der Waals surface area contributed by atoms with Crippen molar-refractivity contribution in [2.75, 3.05) is 39.3 Å². The van der Waals surface area contributed by atoms with Crippen molar-refractivity contribution in [1.29, 1.82) is 0 Å². The van der Waals surface area contributed by atoms with E-state index < -0.39 is 5.91 Å². The number of ether oxygens (including phenoxy) is 3. The smallest absolute Gasteiger partial charge is 0.259 e. The molecule has 0 aliphatic rings. The van der Waals surface area contributed by atoms with Crippen LogP contribution in [0.4, 0.5) is 5.13 Å². The summed E-state index contributed by atoms with van der Waals surface area (Å²) < 4.78 is 15.3. The fraction of sp³-hybridized carbons (Fsp3) is 0.320. The van der Waals surface area contributed by atoms with Gasteiger partial charge in [0.15, 0.2) is 11.7 Å². The van der Waals surface area contributed by atoms with Crippen LogP contribution in [0.25, 0.3) is 11.3 Å². The van der Waals surface area contributed by atoms with Gasteiger partial charge >= 0.3 is 0 Å². The van der Waals surface area contributed by atoms with Crippen molar-refractivity contribution in [3.63, 3.8) is 0 Å². The largest absolute Gasteiger partial charge is 0.497 e. The number of nitrogens with zero attached hydrogens (tertiary/aromatic N) is 2. The molecule has 0 atom stereocenters. The summed E-state index contributed by atoms with van der Waals surface area (Å²) in [7, 11) is 3.04. The van der Waals surface area contributed by atoms with Crippen LogP contribution in [0.1, 0.15) is 29.4 Å². The van der Waals surface area contributed by atoms with E-state index in [4.69, 9.17) is 15.2 Å². The van der Waals surface area contributed by atoms with Crippen LogP contribution in [0.2, 0.25) is 0 Å². The van der Waals surface area contributed by atoms with Gasteiger partial charge in [0.25, 0.3) is 11.8 Å². The lowest BCUT2D eigenvalue weighted by atomic mass is 10.1. The number of nitrogens with two attached hydrogens (primary N) is 1. The lowest BCUT2D eigenvalue weighted by Crippen LogP contribution is -2.27. The maximum atomic E-state index is 12.3. The highest BCUT2D eigenvalue weighted by Gasteiger charge is 2.15. The van der Waals surface area contributed by atoms with E-state index in [0.717, 1.165) is 18.7 Å². The Morgan fingerprint density at radius 1 is 1.11 bits per heavy atom. The standard InChI is InChI=1S/C19H18N4O4S.C6H13NO2/c1-11-3-4-12(8-21-11)18(25)23-19-22-15(10-28-19)14-6-5-13(26-2)7-16(14)27-9-17(20)24;1-3-4-7-6(8)5-9-2/h3-8,10H,9H2,1-2H3,(H2,20,24)(H,22,23,25);3-5H2,1-2H3,(H,7,8). The second-order valence-corrected chi connectivity index (χ2v) is 8.44. The molecule has 1 aromatic carbocycles. The van der Waals surface area contributed by atoms with Crippen molar-refractivity contribution in [2.45, 2.75) is 20.3 Å². The van der Waals surface area contributed by atoms with E-state index in [2.05, 4.69) is 25.3 Å². The average Bonchev–Trinajstić information content (AvgIpc) is 3.35. The molecule has 0 saturated heterocycles. The first-order valence-electron chi connectivity index (χ1n) is 11.3. The van der Waals surface area contributed by atoms with Crippen LogP contribution in [0.15, 0.2) is 41.9 Å². The summed E-state index contributed by atoms with van der Waals surface area (Å²) in [6, 6.07) is 8.63. The Morgan fingerprint density at radius 3 is 2.51 bits per heavy atom. The molecule has 3 rings (SSSR count). The quantitative estimate of drug-likeness (QED) is 0.342. The molecule has 4 N–H and O–H groups in total. The molecule has 3 amide bonds. The molecule has 0 spiro atoms. The number of methoxy groups -OCH3 is 2. The number of carbonyl (C=O) groups excluding carboxylic acids is 3. The molecule has 3 aromatic rings. The number of aromatic nitrogens is 2. The van der Waals surface area contributed by atoms with Gasteiger partial charge in [-0.15, -0.1) is 11.3 Å².